The van der Waals surface area contributed by atoms with Crippen LogP contribution in [0.15, 0.2) is 0 Å². The third-order valence-corrected chi connectivity index (χ3v) is 17.5. The molecule has 8 aliphatic heterocycles. The summed E-state index contributed by atoms with van der Waals surface area (Å²) in [6, 6.07) is -5.47. The van der Waals surface area contributed by atoms with E-state index in [0.717, 1.165) is 20.8 Å². The average molecular weight is 1390 g/mol. The second-order valence-electron chi connectivity index (χ2n) is 24.1. The van der Waals surface area contributed by atoms with Crippen molar-refractivity contribution in [3.63, 3.8) is 0 Å². The highest BCUT2D eigenvalue weighted by molar-refractivity contribution is 5.74. The fourth-order valence-electron chi connectivity index (χ4n) is 12.3. The Morgan fingerprint density at radius 2 is 0.653 bits per heavy atom. The summed E-state index contributed by atoms with van der Waals surface area (Å²) in [5, 5.41) is 238. The lowest BCUT2D eigenvalue weighted by Gasteiger charge is -2.52. The second-order valence-corrected chi connectivity index (χ2v) is 24.1. The molecule has 8 rings (SSSR count). The summed E-state index contributed by atoms with van der Waals surface area (Å²) < 4.78 is 89.9. The lowest BCUT2D eigenvalue weighted by atomic mass is 9.93. The molecule has 42 nitrogen and oxygen atoms in total. The van der Waals surface area contributed by atoms with Crippen molar-refractivity contribution in [3.8, 4) is 0 Å². The van der Waals surface area contributed by atoms with Crippen molar-refractivity contribution in [2.75, 3.05) is 46.2 Å². The van der Waals surface area contributed by atoms with Crippen molar-refractivity contribution in [2.45, 2.75) is 267 Å². The topological polar surface area (TPSA) is 651 Å². The highest BCUT2D eigenvalue weighted by Gasteiger charge is 2.61. The molecule has 0 aromatic rings. The Balaban J connectivity index is 1.20. The Morgan fingerprint density at radius 1 is 0.295 bits per heavy atom. The van der Waals surface area contributed by atoms with Crippen molar-refractivity contribution >= 4 is 17.7 Å². The third-order valence-electron chi connectivity index (χ3n) is 17.5. The maximum absolute atomic E-state index is 13.2. The monoisotopic (exact) mass is 1390 g/mol. The molecule has 0 unspecified atom stereocenters. The number of rotatable bonds is 24. The van der Waals surface area contributed by atoms with Crippen LogP contribution in [0.5, 0.6) is 0 Å². The fraction of sp³-hybridized carbons (Fsp3) is 0.943. The first kappa shape index (κ1) is 77.7. The molecular formula is C53H89N3O39. The van der Waals surface area contributed by atoms with Crippen LogP contribution in [0.2, 0.25) is 0 Å². The van der Waals surface area contributed by atoms with E-state index in [-0.39, 0.29) is 0 Å². The molecule has 0 aromatic carbocycles. The van der Waals surface area contributed by atoms with Crippen LogP contribution in [0.1, 0.15) is 27.7 Å². The first-order valence-electron chi connectivity index (χ1n) is 30.4. The van der Waals surface area contributed by atoms with Gasteiger partial charge in [-0.25, -0.2) is 0 Å². The van der Waals surface area contributed by atoms with Gasteiger partial charge in [0, 0.05) is 20.8 Å². The Morgan fingerprint density at radius 3 is 1.21 bits per heavy atom. The van der Waals surface area contributed by atoms with E-state index in [1.807, 2.05) is 0 Å². The largest absolute Gasteiger partial charge is 0.394 e. The number of ether oxygens (including phenoxy) is 15. The van der Waals surface area contributed by atoms with E-state index < -0.39 is 303 Å². The van der Waals surface area contributed by atoms with Crippen LogP contribution in [0.25, 0.3) is 0 Å². The van der Waals surface area contributed by atoms with Crippen LogP contribution in [0.4, 0.5) is 0 Å². The number of carbonyl (C=O) groups excluding carboxylic acids is 3. The van der Waals surface area contributed by atoms with Crippen molar-refractivity contribution in [2.24, 2.45) is 0 Å². The number of hydrogen-bond acceptors (Lipinski definition) is 39. The molecule has 0 radical (unpaired) electrons. The Kier molecular flexibility index (Phi) is 27.5. The predicted molar refractivity (Wildman–Crippen MR) is 292 cm³/mol. The molecule has 42 heteroatoms. The molecule has 95 heavy (non-hydrogen) atoms. The van der Waals surface area contributed by atoms with Crippen molar-refractivity contribution in [3.05, 3.63) is 0 Å². The van der Waals surface area contributed by atoms with E-state index >= 15 is 0 Å². The highest BCUT2D eigenvalue weighted by Crippen LogP contribution is 2.40. The van der Waals surface area contributed by atoms with E-state index in [4.69, 9.17) is 71.1 Å². The highest BCUT2D eigenvalue weighted by atomic mass is 16.8. The number of amides is 3. The maximum Gasteiger partial charge on any atom is 0.217 e. The predicted octanol–water partition coefficient (Wildman–Crippen LogP) is -16.4. The molecule has 0 bridgehead atoms. The zero-order valence-corrected chi connectivity index (χ0v) is 51.2. The summed E-state index contributed by atoms with van der Waals surface area (Å²) in [6.45, 7) is -3.14. The summed E-state index contributed by atoms with van der Waals surface area (Å²) in [7, 11) is 0. The minimum atomic E-state index is -2.40. The summed E-state index contributed by atoms with van der Waals surface area (Å²) >= 11 is 0. The van der Waals surface area contributed by atoms with Crippen LogP contribution in [-0.2, 0) is 85.4 Å². The van der Waals surface area contributed by atoms with Crippen LogP contribution < -0.4 is 16.0 Å². The van der Waals surface area contributed by atoms with Crippen LogP contribution >= 0.6 is 0 Å². The molecule has 0 saturated carbocycles. The molecule has 8 saturated heterocycles. The molecule has 0 aromatic heterocycles. The number of aliphatic hydroxyl groups is 21. The second kappa shape index (κ2) is 33.6. The number of nitrogens with one attached hydrogen (secondary N) is 3. The summed E-state index contributed by atoms with van der Waals surface area (Å²) in [4.78, 5) is 38.3. The molecule has 3 amide bonds. The van der Waals surface area contributed by atoms with Crippen LogP contribution in [0.3, 0.4) is 0 Å². The molecule has 8 fully saturated rings. The SMILES string of the molecule is CC(=O)N[C@@H]1[C@@H](O[C@@H]2O[C@@H](C)[C@@H](O)[C@@H](O)[C@@H]2O)[C@H](O[C@@H]2O[C@H](CO)[C@@H](O[C@@H]3O[C@H](CO[C@H]4O[C@H](CO)[C@@H](O)[C@H](O)[C@@H]4O)[C@@H](O)[C@H](O[C@H]4O[C@H](CO)[C@@H](O)[C@H](O)[C@@H]4O[C@@H]4O[C@H](CO)[C@@H](O)[C@H](O)[C@H]4NC(C)=O)[C@@H]3O[C@@H]3O[C@H](CO)[C@H](O)[C@H]3O)[C@H](O)[C@H]2NC(C)=O)[C@@H](CO)O[C@H]1O. The fourth-order valence-corrected chi connectivity index (χ4v) is 12.3. The lowest BCUT2D eigenvalue weighted by molar-refractivity contribution is -0.406. The van der Waals surface area contributed by atoms with Gasteiger partial charge in [-0.05, 0) is 6.92 Å². The minimum absolute atomic E-state index is 0.828. The average Bonchev–Trinajstić information content (AvgIpc) is 1.75. The first-order valence-corrected chi connectivity index (χ1v) is 30.4. The molecule has 8 heterocycles. The van der Waals surface area contributed by atoms with Gasteiger partial charge in [0.1, 0.15) is 183 Å². The number of carbonyl (C=O) groups is 3. The van der Waals surface area contributed by atoms with Gasteiger partial charge in [-0.2, -0.15) is 0 Å². The van der Waals surface area contributed by atoms with Gasteiger partial charge in [-0.15, -0.1) is 0 Å². The van der Waals surface area contributed by atoms with Crippen molar-refractivity contribution in [1.82, 2.24) is 16.0 Å². The van der Waals surface area contributed by atoms with Crippen molar-refractivity contribution in [1.29, 1.82) is 0 Å². The Bertz CT molecular complexity index is 2440. The van der Waals surface area contributed by atoms with E-state index in [1.54, 1.807) is 0 Å². The Labute approximate surface area is 538 Å². The molecular weight excluding hydrogens is 1300 g/mol. The molecule has 8 aliphatic rings. The molecule has 0 aliphatic carbocycles. The third kappa shape index (κ3) is 17.0. The molecule has 0 spiro atoms. The quantitative estimate of drug-likeness (QED) is 0.0427. The maximum atomic E-state index is 13.2. The van der Waals surface area contributed by atoms with Gasteiger partial charge in [0.2, 0.25) is 17.7 Å². The summed E-state index contributed by atoms with van der Waals surface area (Å²) in [5.74, 6) is -2.64. The van der Waals surface area contributed by atoms with Gasteiger partial charge >= 0.3 is 0 Å². The molecule has 24 N–H and O–H groups in total. The lowest BCUT2D eigenvalue weighted by Crippen LogP contribution is -2.71. The number of hydrogen-bond donors (Lipinski definition) is 24. The van der Waals surface area contributed by atoms with E-state index in [0.29, 0.717) is 0 Å². The standard InChI is InChI=1S/C53H89N3O39/c1-12-26(66)34(74)39(79)50(82-12)92-42-25(56-15(4)65)46(80)83-21(10-62)41(42)91-48-24(55-14(3)64)33(73)40(20(9-61)88-48)90-53-45(95-51-37(77)30(70)19(8-60)86-51)43(31(71)22(89-53)11-81-49-38(78)35(75)28(68)17(6-58)85-49)93-52-44(36(76)29(69)18(7-59)87-52)94-47-23(54-13(2)63)32(72)27(67)16(5-57)84-47/h12,16-53,57-62,66-80H,5-11H2,1-4H3,(H,54,63)(H,55,64)(H,56,65)/t12-,16+,17+,18+,19+,20+,21+,22+,23+,24+,25+,26+,27+,28+,29+,30-,31+,32+,33+,34+,35-,36-,37+,38-,39-,40+,41+,42+,43-,44-,45-,46+,47-,48-,49-,50-,51-,52+,53-/m0/s1. The van der Waals surface area contributed by atoms with Gasteiger partial charge < -0.3 is 194 Å². The van der Waals surface area contributed by atoms with Gasteiger partial charge in [0.05, 0.1) is 52.4 Å². The Hall–Kier alpha value is -3.03. The number of aliphatic hydroxyl groups excluding tert-OH is 21. The van der Waals surface area contributed by atoms with E-state index in [9.17, 15) is 122 Å². The van der Waals surface area contributed by atoms with E-state index in [1.165, 1.54) is 6.92 Å². The normalized spacial score (nSPS) is 49.8. The summed E-state index contributed by atoms with van der Waals surface area (Å²) in [6.07, 6.45) is -72.3. The van der Waals surface area contributed by atoms with E-state index in [2.05, 4.69) is 16.0 Å². The van der Waals surface area contributed by atoms with Gasteiger partial charge in [-0.3, -0.25) is 14.4 Å². The smallest absolute Gasteiger partial charge is 0.217 e. The minimum Gasteiger partial charge on any atom is -0.394 e. The van der Waals surface area contributed by atoms with Crippen LogP contribution in [0, 0.1) is 0 Å². The zero-order valence-electron chi connectivity index (χ0n) is 51.2. The molecule has 550 valence electrons. The summed E-state index contributed by atoms with van der Waals surface area (Å²) in [5.41, 5.74) is 0. The van der Waals surface area contributed by atoms with Gasteiger partial charge in [0.15, 0.2) is 50.3 Å². The zero-order chi connectivity index (χ0) is 69.9. The first-order chi connectivity index (χ1) is 44.9. The van der Waals surface area contributed by atoms with Gasteiger partial charge in [0.25, 0.3) is 0 Å². The van der Waals surface area contributed by atoms with Crippen LogP contribution in [-0.4, -0.2) is 411 Å². The van der Waals surface area contributed by atoms with Gasteiger partial charge in [-0.1, -0.05) is 0 Å². The molecule has 39 atom stereocenters. The van der Waals surface area contributed by atoms with Crippen molar-refractivity contribution < 1.29 is 193 Å².